The van der Waals surface area contributed by atoms with Gasteiger partial charge in [0.2, 0.25) is 0 Å². The number of halogens is 3. The molecule has 0 saturated heterocycles. The van der Waals surface area contributed by atoms with Crippen molar-refractivity contribution in [1.29, 1.82) is 0 Å². The fraction of sp³-hybridized carbons (Fsp3) is 1.00. The highest BCUT2D eigenvalue weighted by Gasteiger charge is 2.48. The molecular formula is C8H17F3N2O. The molecule has 0 heterocycles. The molecule has 0 bridgehead atoms. The molecule has 0 fully saturated rings. The first-order valence-electron chi connectivity index (χ1n) is 4.42. The monoisotopic (exact) mass is 214 g/mol. The average Bonchev–Trinajstić information content (AvgIpc) is 1.95. The maximum atomic E-state index is 12.1. The Labute approximate surface area is 81.7 Å². The van der Waals surface area contributed by atoms with Crippen LogP contribution < -0.4 is 5.84 Å². The van der Waals surface area contributed by atoms with Gasteiger partial charge in [-0.25, -0.2) is 0 Å². The minimum atomic E-state index is -4.55. The second kappa shape index (κ2) is 4.95. The van der Waals surface area contributed by atoms with Crippen molar-refractivity contribution in [3.05, 3.63) is 0 Å². The Morgan fingerprint density at radius 1 is 1.29 bits per heavy atom. The predicted octanol–water partition coefficient (Wildman–Crippen LogP) is 1.28. The third kappa shape index (κ3) is 4.78. The van der Waals surface area contributed by atoms with E-state index in [0.29, 0.717) is 19.4 Å². The standard InChI is InChI=1S/C8H17F3N2O/c1-7(14,8(9,10)11)5-3-4-6-13(2)12/h14H,3-6,12H2,1-2H3. The van der Waals surface area contributed by atoms with Crippen molar-refractivity contribution in [2.24, 2.45) is 5.84 Å². The highest BCUT2D eigenvalue weighted by atomic mass is 19.4. The van der Waals surface area contributed by atoms with Crippen LogP contribution in [0.4, 0.5) is 13.2 Å². The fourth-order valence-electron chi connectivity index (χ4n) is 0.972. The van der Waals surface area contributed by atoms with Crippen LogP contribution in [0.2, 0.25) is 0 Å². The Bertz CT molecular complexity index is 168. The summed E-state index contributed by atoms with van der Waals surface area (Å²) in [7, 11) is 1.64. The summed E-state index contributed by atoms with van der Waals surface area (Å²) < 4.78 is 36.4. The van der Waals surface area contributed by atoms with Crippen molar-refractivity contribution >= 4 is 0 Å². The average molecular weight is 214 g/mol. The molecule has 0 spiro atoms. The van der Waals surface area contributed by atoms with E-state index < -0.39 is 11.8 Å². The second-order valence-corrected chi connectivity index (χ2v) is 3.71. The summed E-state index contributed by atoms with van der Waals surface area (Å²) >= 11 is 0. The van der Waals surface area contributed by atoms with E-state index in [4.69, 9.17) is 10.9 Å². The van der Waals surface area contributed by atoms with Crippen LogP contribution in [0, 0.1) is 0 Å². The van der Waals surface area contributed by atoms with Gasteiger partial charge in [0.15, 0.2) is 5.60 Å². The van der Waals surface area contributed by atoms with Crippen molar-refractivity contribution in [3.8, 4) is 0 Å². The van der Waals surface area contributed by atoms with E-state index in [2.05, 4.69) is 0 Å². The number of hydrazine groups is 1. The van der Waals surface area contributed by atoms with Gasteiger partial charge in [-0.3, -0.25) is 10.9 Å². The van der Waals surface area contributed by atoms with E-state index in [9.17, 15) is 13.2 Å². The molecular weight excluding hydrogens is 197 g/mol. The third-order valence-electron chi connectivity index (χ3n) is 2.04. The van der Waals surface area contributed by atoms with E-state index in [-0.39, 0.29) is 6.42 Å². The summed E-state index contributed by atoms with van der Waals surface area (Å²) in [6, 6.07) is 0. The summed E-state index contributed by atoms with van der Waals surface area (Å²) in [5.41, 5.74) is -2.58. The van der Waals surface area contributed by atoms with Crippen LogP contribution in [0.15, 0.2) is 0 Å². The normalized spacial score (nSPS) is 17.1. The van der Waals surface area contributed by atoms with Crippen LogP contribution in [-0.2, 0) is 0 Å². The van der Waals surface area contributed by atoms with Gasteiger partial charge in [-0.2, -0.15) is 13.2 Å². The molecule has 0 aliphatic heterocycles. The van der Waals surface area contributed by atoms with Crippen molar-refractivity contribution in [2.45, 2.75) is 38.0 Å². The van der Waals surface area contributed by atoms with E-state index in [0.717, 1.165) is 6.92 Å². The maximum absolute atomic E-state index is 12.1. The molecule has 1 atom stereocenters. The van der Waals surface area contributed by atoms with Crippen molar-refractivity contribution in [1.82, 2.24) is 5.01 Å². The van der Waals surface area contributed by atoms with Crippen LogP contribution in [0.1, 0.15) is 26.2 Å². The number of unbranched alkanes of at least 4 members (excludes halogenated alkanes) is 1. The minimum absolute atomic E-state index is 0.287. The number of nitrogens with zero attached hydrogens (tertiary/aromatic N) is 1. The molecule has 0 aliphatic carbocycles. The first kappa shape index (κ1) is 13.7. The van der Waals surface area contributed by atoms with Crippen molar-refractivity contribution in [3.63, 3.8) is 0 Å². The van der Waals surface area contributed by atoms with Gasteiger partial charge >= 0.3 is 6.18 Å². The minimum Gasteiger partial charge on any atom is -0.381 e. The largest absolute Gasteiger partial charge is 0.416 e. The SMILES string of the molecule is CN(N)CCCCC(C)(O)C(F)(F)F. The Hall–Kier alpha value is -0.330. The van der Waals surface area contributed by atoms with Crippen LogP contribution in [-0.4, -0.2) is 35.5 Å². The molecule has 3 N–H and O–H groups in total. The number of nitrogens with two attached hydrogens (primary N) is 1. The highest BCUT2D eigenvalue weighted by molar-refractivity contribution is 4.80. The molecule has 6 heteroatoms. The lowest BCUT2D eigenvalue weighted by Crippen LogP contribution is -2.42. The van der Waals surface area contributed by atoms with Gasteiger partial charge in [-0.15, -0.1) is 0 Å². The lowest BCUT2D eigenvalue weighted by Gasteiger charge is -2.26. The van der Waals surface area contributed by atoms with Crippen molar-refractivity contribution in [2.75, 3.05) is 13.6 Å². The summed E-state index contributed by atoms with van der Waals surface area (Å²) in [5.74, 6) is 5.28. The highest BCUT2D eigenvalue weighted by Crippen LogP contribution is 2.33. The lowest BCUT2D eigenvalue weighted by atomic mass is 9.98. The van der Waals surface area contributed by atoms with Crippen LogP contribution in [0.5, 0.6) is 0 Å². The van der Waals surface area contributed by atoms with E-state index in [1.54, 1.807) is 7.05 Å². The number of rotatable bonds is 5. The Balaban J connectivity index is 3.78. The number of aliphatic hydroxyl groups is 1. The summed E-state index contributed by atoms with van der Waals surface area (Å²) in [4.78, 5) is 0. The molecule has 86 valence electrons. The Morgan fingerprint density at radius 3 is 2.14 bits per heavy atom. The quantitative estimate of drug-likeness (QED) is 0.411. The lowest BCUT2D eigenvalue weighted by molar-refractivity contribution is -0.255. The van der Waals surface area contributed by atoms with Gasteiger partial charge in [-0.1, -0.05) is 0 Å². The molecule has 0 rings (SSSR count). The zero-order chi connectivity index (χ0) is 11.4. The van der Waals surface area contributed by atoms with Gasteiger partial charge in [0.1, 0.15) is 0 Å². The second-order valence-electron chi connectivity index (χ2n) is 3.71. The van der Waals surface area contributed by atoms with Crippen LogP contribution in [0.25, 0.3) is 0 Å². The number of hydrogen-bond donors (Lipinski definition) is 2. The van der Waals surface area contributed by atoms with E-state index >= 15 is 0 Å². The zero-order valence-corrected chi connectivity index (χ0v) is 8.43. The van der Waals surface area contributed by atoms with E-state index in [1.807, 2.05) is 0 Å². The first-order chi connectivity index (χ1) is 6.17. The smallest absolute Gasteiger partial charge is 0.381 e. The topological polar surface area (TPSA) is 49.5 Å². The number of hydrogen-bond acceptors (Lipinski definition) is 3. The predicted molar refractivity (Wildman–Crippen MR) is 47.3 cm³/mol. The Kier molecular flexibility index (Phi) is 4.83. The van der Waals surface area contributed by atoms with Crippen LogP contribution >= 0.6 is 0 Å². The van der Waals surface area contributed by atoms with Gasteiger partial charge in [-0.05, 0) is 26.2 Å². The Morgan fingerprint density at radius 2 is 1.79 bits per heavy atom. The van der Waals surface area contributed by atoms with Gasteiger partial charge in [0, 0.05) is 13.6 Å². The fourth-order valence-corrected chi connectivity index (χ4v) is 0.972. The number of alkyl halides is 3. The molecule has 0 aromatic heterocycles. The molecule has 14 heavy (non-hydrogen) atoms. The third-order valence-corrected chi connectivity index (χ3v) is 2.04. The van der Waals surface area contributed by atoms with Gasteiger partial charge in [0.25, 0.3) is 0 Å². The van der Waals surface area contributed by atoms with Gasteiger partial charge in [0.05, 0.1) is 0 Å². The summed E-state index contributed by atoms with van der Waals surface area (Å²) in [6.07, 6.45) is -4.00. The molecule has 0 radical (unpaired) electrons. The van der Waals surface area contributed by atoms with Crippen molar-refractivity contribution < 1.29 is 18.3 Å². The van der Waals surface area contributed by atoms with Gasteiger partial charge < -0.3 is 5.11 Å². The zero-order valence-electron chi connectivity index (χ0n) is 8.43. The van der Waals surface area contributed by atoms with Crippen LogP contribution in [0.3, 0.4) is 0 Å². The maximum Gasteiger partial charge on any atom is 0.416 e. The summed E-state index contributed by atoms with van der Waals surface area (Å²) in [5, 5.41) is 10.5. The first-order valence-corrected chi connectivity index (χ1v) is 4.42. The molecule has 3 nitrogen and oxygen atoms in total. The summed E-state index contributed by atoms with van der Waals surface area (Å²) in [6.45, 7) is 1.31. The molecule has 1 unspecified atom stereocenters. The molecule has 0 aromatic carbocycles. The molecule has 0 saturated carbocycles. The molecule has 0 aliphatic rings. The van der Waals surface area contributed by atoms with E-state index in [1.165, 1.54) is 5.01 Å². The molecule has 0 aromatic rings. The molecule has 0 amide bonds.